The molecule has 0 aliphatic carbocycles. The van der Waals surface area contributed by atoms with Crippen LogP contribution in [-0.4, -0.2) is 36.6 Å². The summed E-state index contributed by atoms with van der Waals surface area (Å²) in [5.74, 6) is 0.248. The summed E-state index contributed by atoms with van der Waals surface area (Å²) < 4.78 is 23.1. The van der Waals surface area contributed by atoms with E-state index in [2.05, 4.69) is 10.6 Å². The molecule has 11 heteroatoms. The topological polar surface area (TPSA) is 144 Å². The molecule has 0 aliphatic rings. The molecule has 4 N–H and O–H groups in total. The Kier molecular flexibility index (Phi) is 8.04. The summed E-state index contributed by atoms with van der Waals surface area (Å²) in [5, 5.41) is 22.5. The van der Waals surface area contributed by atoms with E-state index in [1.165, 1.54) is 23.9 Å². The van der Waals surface area contributed by atoms with Crippen LogP contribution in [0.4, 0.5) is 11.4 Å². The lowest BCUT2D eigenvalue weighted by Crippen LogP contribution is -2.43. The van der Waals surface area contributed by atoms with Gasteiger partial charge in [-0.05, 0) is 45.0 Å². The Morgan fingerprint density at radius 1 is 1.19 bits per heavy atom. The Morgan fingerprint density at radius 2 is 1.84 bits per heavy atom. The summed E-state index contributed by atoms with van der Waals surface area (Å²) in [7, 11) is -4.09. The standard InChI is InChI=1S/C20H26N4O5S2/c1-20(2,3)23-19(25)11-14(13-30-15-7-5-4-6-8-15)22-17-10-9-16(31(21,28)29)12-18(17)24(26)27/h4-10,12,14,22H,11,13H2,1-3H3,(H,23,25)(H2,21,28,29)/t14-/m1/s1. The van der Waals surface area contributed by atoms with Gasteiger partial charge in [-0.3, -0.25) is 14.9 Å². The molecule has 31 heavy (non-hydrogen) atoms. The van der Waals surface area contributed by atoms with Crippen LogP contribution in [0, 0.1) is 10.1 Å². The number of nitrogens with two attached hydrogens (primary N) is 1. The fraction of sp³-hybridized carbons (Fsp3) is 0.350. The quantitative estimate of drug-likeness (QED) is 0.292. The minimum absolute atomic E-state index is 0.0746. The van der Waals surface area contributed by atoms with Crippen LogP contribution in [0.5, 0.6) is 0 Å². The number of benzene rings is 2. The van der Waals surface area contributed by atoms with Crippen LogP contribution >= 0.6 is 11.8 Å². The van der Waals surface area contributed by atoms with Crippen molar-refractivity contribution in [2.45, 2.75) is 48.6 Å². The van der Waals surface area contributed by atoms with E-state index in [0.717, 1.165) is 11.0 Å². The first-order valence-corrected chi connectivity index (χ1v) is 11.9. The van der Waals surface area contributed by atoms with E-state index in [-0.39, 0.29) is 22.9 Å². The number of primary sulfonamides is 1. The molecule has 1 atom stereocenters. The van der Waals surface area contributed by atoms with E-state index in [9.17, 15) is 23.3 Å². The summed E-state index contributed by atoms with van der Waals surface area (Å²) in [5.41, 5.74) is -0.741. The minimum atomic E-state index is -4.09. The maximum absolute atomic E-state index is 12.5. The number of nitrogens with one attached hydrogen (secondary N) is 2. The highest BCUT2D eigenvalue weighted by molar-refractivity contribution is 7.99. The molecule has 0 fully saturated rings. The number of nitro benzene ring substituents is 1. The van der Waals surface area contributed by atoms with E-state index in [1.54, 1.807) is 0 Å². The summed E-state index contributed by atoms with van der Waals surface area (Å²) in [6, 6.07) is 12.5. The highest BCUT2D eigenvalue weighted by atomic mass is 32.2. The van der Waals surface area contributed by atoms with Crippen molar-refractivity contribution in [1.82, 2.24) is 5.32 Å². The van der Waals surface area contributed by atoms with Crippen molar-refractivity contribution < 1.29 is 18.1 Å². The third-order valence-corrected chi connectivity index (χ3v) is 6.08. The molecule has 0 aliphatic heterocycles. The fourth-order valence-electron chi connectivity index (χ4n) is 2.74. The van der Waals surface area contributed by atoms with Crippen molar-refractivity contribution in [2.75, 3.05) is 11.1 Å². The molecule has 9 nitrogen and oxygen atoms in total. The van der Waals surface area contributed by atoms with E-state index >= 15 is 0 Å². The molecule has 0 saturated carbocycles. The molecule has 0 unspecified atom stereocenters. The number of hydrogen-bond acceptors (Lipinski definition) is 7. The van der Waals surface area contributed by atoms with Gasteiger partial charge in [0.25, 0.3) is 5.69 Å². The highest BCUT2D eigenvalue weighted by Gasteiger charge is 2.24. The van der Waals surface area contributed by atoms with Gasteiger partial charge in [-0.15, -0.1) is 11.8 Å². The average molecular weight is 467 g/mol. The van der Waals surface area contributed by atoms with Gasteiger partial charge in [-0.2, -0.15) is 0 Å². The number of carbonyl (C=O) groups is 1. The number of carbonyl (C=O) groups excluding carboxylic acids is 1. The monoisotopic (exact) mass is 466 g/mol. The van der Waals surface area contributed by atoms with Gasteiger partial charge in [-0.25, -0.2) is 13.6 Å². The number of nitro groups is 1. The molecule has 2 aromatic rings. The van der Waals surface area contributed by atoms with Gasteiger partial charge in [0.2, 0.25) is 15.9 Å². The zero-order chi connectivity index (χ0) is 23.2. The lowest BCUT2D eigenvalue weighted by atomic mass is 10.1. The Labute approximate surface area is 186 Å². The van der Waals surface area contributed by atoms with Crippen molar-refractivity contribution >= 4 is 39.1 Å². The minimum Gasteiger partial charge on any atom is -0.375 e. The zero-order valence-electron chi connectivity index (χ0n) is 17.5. The molecular weight excluding hydrogens is 440 g/mol. The molecule has 168 valence electrons. The summed E-state index contributed by atoms with van der Waals surface area (Å²) in [4.78, 5) is 23.9. The smallest absolute Gasteiger partial charge is 0.293 e. The average Bonchev–Trinajstić information content (AvgIpc) is 2.64. The SMILES string of the molecule is CC(C)(C)NC(=O)C[C@H](CSc1ccccc1)Nc1ccc(S(N)(=O)=O)cc1[N+](=O)[O-]. The molecule has 0 aromatic heterocycles. The third-order valence-electron chi connectivity index (χ3n) is 3.99. The fourth-order valence-corrected chi connectivity index (χ4v) is 4.22. The predicted molar refractivity (Wildman–Crippen MR) is 122 cm³/mol. The lowest BCUT2D eigenvalue weighted by Gasteiger charge is -2.24. The van der Waals surface area contributed by atoms with E-state index in [0.29, 0.717) is 5.75 Å². The Morgan fingerprint density at radius 3 is 2.39 bits per heavy atom. The predicted octanol–water partition coefficient (Wildman–Crippen LogP) is 3.12. The number of anilines is 1. The van der Waals surface area contributed by atoms with Crippen LogP contribution in [0.3, 0.4) is 0 Å². The van der Waals surface area contributed by atoms with Gasteiger partial charge >= 0.3 is 0 Å². The van der Waals surface area contributed by atoms with Crippen LogP contribution < -0.4 is 15.8 Å². The molecule has 0 spiro atoms. The molecule has 0 heterocycles. The molecule has 0 bridgehead atoms. The Hall–Kier alpha value is -2.63. The van der Waals surface area contributed by atoms with Crippen molar-refractivity contribution in [3.8, 4) is 0 Å². The van der Waals surface area contributed by atoms with Gasteiger partial charge in [0.1, 0.15) is 5.69 Å². The summed E-state index contributed by atoms with van der Waals surface area (Å²) in [6.07, 6.45) is 0.0746. The van der Waals surface area contributed by atoms with Crippen LogP contribution in [0.15, 0.2) is 58.3 Å². The highest BCUT2D eigenvalue weighted by Crippen LogP contribution is 2.29. The second kappa shape index (κ2) is 10.1. The number of amides is 1. The number of hydrogen-bond donors (Lipinski definition) is 3. The molecular formula is C20H26N4O5S2. The first-order chi connectivity index (χ1) is 14.3. The van der Waals surface area contributed by atoms with Crippen LogP contribution in [0.1, 0.15) is 27.2 Å². The van der Waals surface area contributed by atoms with Crippen LogP contribution in [-0.2, 0) is 14.8 Å². The van der Waals surface area contributed by atoms with Gasteiger partial charge in [0, 0.05) is 34.7 Å². The normalized spacial score (nSPS) is 12.8. The maximum Gasteiger partial charge on any atom is 0.293 e. The van der Waals surface area contributed by atoms with Gasteiger partial charge in [0.15, 0.2) is 0 Å². The molecule has 0 saturated heterocycles. The van der Waals surface area contributed by atoms with Crippen LogP contribution in [0.2, 0.25) is 0 Å². The number of sulfonamides is 1. The second-order valence-corrected chi connectivity index (χ2v) is 10.6. The Balaban J connectivity index is 2.28. The maximum atomic E-state index is 12.5. The molecule has 0 radical (unpaired) electrons. The van der Waals surface area contributed by atoms with Crippen molar-refractivity contribution in [2.24, 2.45) is 5.14 Å². The lowest BCUT2D eigenvalue weighted by molar-refractivity contribution is -0.384. The van der Waals surface area contributed by atoms with Crippen LogP contribution in [0.25, 0.3) is 0 Å². The third kappa shape index (κ3) is 8.19. The van der Waals surface area contributed by atoms with Crippen molar-refractivity contribution in [1.29, 1.82) is 0 Å². The van der Waals surface area contributed by atoms with E-state index in [4.69, 9.17) is 5.14 Å². The summed E-state index contributed by atoms with van der Waals surface area (Å²) in [6.45, 7) is 5.59. The van der Waals surface area contributed by atoms with Crippen molar-refractivity contribution in [3.05, 3.63) is 58.6 Å². The Bertz CT molecular complexity index is 1040. The number of rotatable bonds is 9. The molecule has 1 amide bonds. The van der Waals surface area contributed by atoms with Crippen molar-refractivity contribution in [3.63, 3.8) is 0 Å². The zero-order valence-corrected chi connectivity index (χ0v) is 19.1. The first kappa shape index (κ1) is 24.6. The molecule has 2 aromatic carbocycles. The van der Waals surface area contributed by atoms with E-state index in [1.807, 2.05) is 51.1 Å². The summed E-state index contributed by atoms with van der Waals surface area (Å²) >= 11 is 1.50. The number of nitrogens with zero attached hydrogens (tertiary/aromatic N) is 1. The first-order valence-electron chi connectivity index (χ1n) is 9.42. The molecule has 2 rings (SSSR count). The van der Waals surface area contributed by atoms with Gasteiger partial charge < -0.3 is 10.6 Å². The largest absolute Gasteiger partial charge is 0.375 e. The van der Waals surface area contributed by atoms with Gasteiger partial charge in [0.05, 0.1) is 9.82 Å². The van der Waals surface area contributed by atoms with E-state index < -0.39 is 32.2 Å². The second-order valence-electron chi connectivity index (χ2n) is 7.95. The number of thioether (sulfide) groups is 1. The van der Waals surface area contributed by atoms with Gasteiger partial charge in [-0.1, -0.05) is 18.2 Å².